The molecule has 2 aromatic heterocycles. The third-order valence-corrected chi connectivity index (χ3v) is 3.53. The van der Waals surface area contributed by atoms with Crippen molar-refractivity contribution in [3.05, 3.63) is 24.3 Å². The minimum atomic E-state index is 0.146. The largest absolute Gasteiger partial charge is 0.315 e. The Hall–Kier alpha value is -2.00. The van der Waals surface area contributed by atoms with Crippen LogP contribution in [0.4, 0.5) is 0 Å². The number of nitriles is 1. The molecule has 2 aromatic rings. The van der Waals surface area contributed by atoms with Crippen molar-refractivity contribution in [2.75, 3.05) is 20.6 Å². The van der Waals surface area contributed by atoms with Crippen LogP contribution >= 0.6 is 0 Å². The summed E-state index contributed by atoms with van der Waals surface area (Å²) in [5.41, 5.74) is 2.37. The molecule has 0 bridgehead atoms. The van der Waals surface area contributed by atoms with E-state index < -0.39 is 0 Å². The average Bonchev–Trinajstić information content (AvgIpc) is 2.88. The summed E-state index contributed by atoms with van der Waals surface area (Å²) >= 11 is 0. The van der Waals surface area contributed by atoms with Gasteiger partial charge >= 0.3 is 0 Å². The van der Waals surface area contributed by atoms with Crippen molar-refractivity contribution in [2.24, 2.45) is 0 Å². The molecule has 0 aliphatic heterocycles. The second-order valence-corrected chi connectivity index (χ2v) is 5.43. The lowest BCUT2D eigenvalue weighted by Crippen LogP contribution is -2.15. The summed E-state index contributed by atoms with van der Waals surface area (Å²) in [5, 5.41) is 9.13. The molecule has 0 saturated heterocycles. The zero-order valence-corrected chi connectivity index (χ0v) is 13.0. The quantitative estimate of drug-likeness (QED) is 0.811. The molecule has 0 aromatic carbocycles. The first kappa shape index (κ1) is 15.4. The molecule has 0 spiro atoms. The van der Waals surface area contributed by atoms with Crippen molar-refractivity contribution in [2.45, 2.75) is 32.7 Å². The predicted molar refractivity (Wildman–Crippen MR) is 81.6 cm³/mol. The van der Waals surface area contributed by atoms with E-state index in [-0.39, 0.29) is 11.7 Å². The van der Waals surface area contributed by atoms with Crippen LogP contribution in [0.2, 0.25) is 0 Å². The molecule has 0 amide bonds. The Bertz CT molecular complexity index is 652. The molecule has 1 unspecified atom stereocenters. The second-order valence-electron chi connectivity index (χ2n) is 5.43. The van der Waals surface area contributed by atoms with Crippen LogP contribution in [0.1, 0.15) is 37.7 Å². The van der Waals surface area contributed by atoms with Gasteiger partial charge < -0.3 is 9.47 Å². The lowest BCUT2D eigenvalue weighted by Gasteiger charge is -2.11. The van der Waals surface area contributed by atoms with Crippen molar-refractivity contribution in [1.29, 1.82) is 5.26 Å². The number of fused-ring (bicyclic) bond motifs is 1. The van der Waals surface area contributed by atoms with Crippen molar-refractivity contribution >= 4 is 11.2 Å². The Labute approximate surface area is 125 Å². The van der Waals surface area contributed by atoms with E-state index in [0.717, 1.165) is 36.4 Å². The molecular formula is C15H21N6. The summed E-state index contributed by atoms with van der Waals surface area (Å²) in [4.78, 5) is 15.3. The predicted octanol–water partition coefficient (Wildman–Crippen LogP) is 1.98. The molecular weight excluding hydrogens is 264 g/mol. The van der Waals surface area contributed by atoms with Crippen molar-refractivity contribution in [3.63, 3.8) is 0 Å². The van der Waals surface area contributed by atoms with Crippen molar-refractivity contribution < 1.29 is 0 Å². The Morgan fingerprint density at radius 3 is 2.81 bits per heavy atom. The van der Waals surface area contributed by atoms with Gasteiger partial charge in [-0.2, -0.15) is 10.2 Å². The second kappa shape index (κ2) is 6.64. The topological polar surface area (TPSA) is 70.6 Å². The highest BCUT2D eigenvalue weighted by Gasteiger charge is 2.17. The molecule has 0 aliphatic carbocycles. The molecule has 6 nitrogen and oxygen atoms in total. The van der Waals surface area contributed by atoms with Crippen molar-refractivity contribution in [1.82, 2.24) is 24.4 Å². The first-order valence-electron chi connectivity index (χ1n) is 7.14. The third-order valence-electron chi connectivity index (χ3n) is 3.53. The molecule has 1 atom stereocenters. The molecule has 21 heavy (non-hydrogen) atoms. The van der Waals surface area contributed by atoms with Crippen LogP contribution in [0.3, 0.4) is 0 Å². The van der Waals surface area contributed by atoms with E-state index in [1.165, 1.54) is 0 Å². The lowest BCUT2D eigenvalue weighted by atomic mass is 10.0. The van der Waals surface area contributed by atoms with Gasteiger partial charge in [-0.25, -0.2) is 9.97 Å². The molecule has 1 radical (unpaired) electrons. The van der Waals surface area contributed by atoms with E-state index >= 15 is 0 Å². The van der Waals surface area contributed by atoms with E-state index in [4.69, 9.17) is 5.26 Å². The number of nitrogens with zero attached hydrogens (tertiary/aromatic N) is 6. The summed E-state index contributed by atoms with van der Waals surface area (Å²) in [6, 6.07) is 2.04. The summed E-state index contributed by atoms with van der Waals surface area (Å²) in [6.07, 6.45) is 4.85. The fourth-order valence-electron chi connectivity index (χ4n) is 2.21. The third kappa shape index (κ3) is 3.37. The number of hydrogen-bond acceptors (Lipinski definition) is 5. The smallest absolute Gasteiger partial charge is 0.234 e. The maximum atomic E-state index is 9.13. The maximum absolute atomic E-state index is 9.13. The van der Waals surface area contributed by atoms with Crippen LogP contribution in [-0.4, -0.2) is 45.1 Å². The molecule has 0 aliphatic rings. The number of hydrogen-bond donors (Lipinski definition) is 0. The lowest BCUT2D eigenvalue weighted by molar-refractivity contribution is 0.387. The van der Waals surface area contributed by atoms with E-state index in [1.807, 2.05) is 30.9 Å². The highest BCUT2D eigenvalue weighted by Crippen LogP contribution is 2.23. The molecule has 0 fully saturated rings. The molecule has 0 saturated carbocycles. The van der Waals surface area contributed by atoms with Crippen LogP contribution < -0.4 is 0 Å². The van der Waals surface area contributed by atoms with Crippen LogP contribution in [-0.2, 0) is 6.54 Å². The van der Waals surface area contributed by atoms with Crippen LogP contribution in [0, 0.1) is 17.8 Å². The van der Waals surface area contributed by atoms with Crippen LogP contribution in [0.25, 0.3) is 11.2 Å². The molecule has 6 heteroatoms. The Balaban J connectivity index is 2.39. The van der Waals surface area contributed by atoms with Gasteiger partial charge in [0.1, 0.15) is 11.6 Å². The van der Waals surface area contributed by atoms with E-state index in [9.17, 15) is 0 Å². The van der Waals surface area contributed by atoms with Crippen LogP contribution in [0.15, 0.2) is 6.33 Å². The summed E-state index contributed by atoms with van der Waals surface area (Å²) in [6.45, 7) is 5.87. The first-order valence-corrected chi connectivity index (χ1v) is 7.14. The van der Waals surface area contributed by atoms with Gasteiger partial charge in [-0.3, -0.25) is 0 Å². The van der Waals surface area contributed by atoms with Gasteiger partial charge in [0, 0.05) is 12.5 Å². The van der Waals surface area contributed by atoms with Gasteiger partial charge in [0.25, 0.3) is 0 Å². The standard InChI is InChI=1S/C15H21N6/c1-5-11(2)13-14-15(19-12(9-16)18-13)21(10-17-14)8-6-7-20(3)4/h5,10-11H,6-8H2,1-4H3. The van der Waals surface area contributed by atoms with Gasteiger partial charge in [-0.05, 0) is 33.5 Å². The van der Waals surface area contributed by atoms with E-state index in [2.05, 4.69) is 33.9 Å². The number of aryl methyl sites for hydroxylation is 1. The fraction of sp³-hybridized carbons (Fsp3) is 0.533. The van der Waals surface area contributed by atoms with E-state index in [1.54, 1.807) is 6.33 Å². The summed E-state index contributed by atoms with van der Waals surface area (Å²) < 4.78 is 2.01. The van der Waals surface area contributed by atoms with Gasteiger partial charge in [-0.1, -0.05) is 13.8 Å². The zero-order valence-electron chi connectivity index (χ0n) is 13.0. The summed E-state index contributed by atoms with van der Waals surface area (Å²) in [5.74, 6) is 0.355. The highest BCUT2D eigenvalue weighted by atomic mass is 15.1. The Kier molecular flexibility index (Phi) is 4.86. The summed E-state index contributed by atoms with van der Waals surface area (Å²) in [7, 11) is 4.11. The fourth-order valence-corrected chi connectivity index (χ4v) is 2.21. The Morgan fingerprint density at radius 2 is 2.19 bits per heavy atom. The van der Waals surface area contributed by atoms with Gasteiger partial charge in [-0.15, -0.1) is 0 Å². The van der Waals surface area contributed by atoms with E-state index in [0.29, 0.717) is 0 Å². The normalized spacial score (nSPS) is 12.8. The van der Waals surface area contributed by atoms with Gasteiger partial charge in [0.05, 0.1) is 12.0 Å². The first-order chi connectivity index (χ1) is 10.1. The number of aromatic nitrogens is 4. The molecule has 2 rings (SSSR count). The molecule has 111 valence electrons. The maximum Gasteiger partial charge on any atom is 0.234 e. The zero-order chi connectivity index (χ0) is 15.4. The Morgan fingerprint density at radius 1 is 1.43 bits per heavy atom. The monoisotopic (exact) mass is 285 g/mol. The molecule has 0 N–H and O–H groups in total. The minimum Gasteiger partial charge on any atom is -0.315 e. The van der Waals surface area contributed by atoms with Crippen molar-refractivity contribution in [3.8, 4) is 6.07 Å². The number of rotatable bonds is 6. The van der Waals surface area contributed by atoms with Gasteiger partial charge in [0.2, 0.25) is 5.82 Å². The minimum absolute atomic E-state index is 0.146. The molecule has 2 heterocycles. The number of imidazole rings is 1. The highest BCUT2D eigenvalue weighted by molar-refractivity contribution is 5.74. The SMILES string of the molecule is C[CH]C(C)c1nc(C#N)nc2c1ncn2CCCN(C)C. The average molecular weight is 285 g/mol. The van der Waals surface area contributed by atoms with Gasteiger partial charge in [0.15, 0.2) is 5.65 Å². The van der Waals surface area contributed by atoms with Crippen LogP contribution in [0.5, 0.6) is 0 Å².